The summed E-state index contributed by atoms with van der Waals surface area (Å²) in [6, 6.07) is 11.8. The van der Waals surface area contributed by atoms with Crippen LogP contribution in [0.15, 0.2) is 43.0 Å². The summed E-state index contributed by atoms with van der Waals surface area (Å²) >= 11 is 0. The lowest BCUT2D eigenvalue weighted by Crippen LogP contribution is -2.12. The van der Waals surface area contributed by atoms with E-state index in [9.17, 15) is 5.26 Å². The molecule has 1 aromatic carbocycles. The maximum Gasteiger partial charge on any atom is 0.144 e. The predicted molar refractivity (Wildman–Crippen MR) is 80.6 cm³/mol. The van der Waals surface area contributed by atoms with Gasteiger partial charge in [0.05, 0.1) is 24.3 Å². The highest BCUT2D eigenvalue weighted by atomic mass is 16.5. The smallest absolute Gasteiger partial charge is 0.144 e. The van der Waals surface area contributed by atoms with Crippen LogP contribution in [0.25, 0.3) is 10.9 Å². The molecule has 0 aliphatic heterocycles. The molecule has 1 N–H and O–H groups in total. The summed E-state index contributed by atoms with van der Waals surface area (Å²) in [4.78, 5) is 4.47. The van der Waals surface area contributed by atoms with Gasteiger partial charge in [0.25, 0.3) is 0 Å². The van der Waals surface area contributed by atoms with Crippen molar-refractivity contribution in [1.82, 2.24) is 4.98 Å². The Bertz CT molecular complexity index is 631. The molecule has 4 heteroatoms. The minimum absolute atomic E-state index is 0.551. The van der Waals surface area contributed by atoms with Crippen molar-refractivity contribution in [3.63, 3.8) is 0 Å². The number of pyridine rings is 1. The van der Waals surface area contributed by atoms with Crippen molar-refractivity contribution in [3.8, 4) is 6.07 Å². The molecule has 0 spiro atoms. The first-order chi connectivity index (χ1) is 9.85. The SMILES string of the molecule is C=CCCOCCNc1nc2ccccc2cc1C#N. The van der Waals surface area contributed by atoms with E-state index in [1.165, 1.54) is 0 Å². The molecular formula is C16H17N3O. The highest BCUT2D eigenvalue weighted by molar-refractivity contribution is 5.82. The number of ether oxygens (including phenoxy) is 1. The van der Waals surface area contributed by atoms with Gasteiger partial charge >= 0.3 is 0 Å². The van der Waals surface area contributed by atoms with Crippen molar-refractivity contribution in [2.24, 2.45) is 0 Å². The molecular weight excluding hydrogens is 250 g/mol. The lowest BCUT2D eigenvalue weighted by molar-refractivity contribution is 0.149. The zero-order valence-electron chi connectivity index (χ0n) is 11.3. The highest BCUT2D eigenvalue weighted by Gasteiger charge is 2.05. The van der Waals surface area contributed by atoms with Crippen LogP contribution in [0, 0.1) is 11.3 Å². The molecule has 0 saturated heterocycles. The average molecular weight is 267 g/mol. The van der Waals surface area contributed by atoms with Crippen LogP contribution in [0.1, 0.15) is 12.0 Å². The van der Waals surface area contributed by atoms with Crippen LogP contribution in [-0.4, -0.2) is 24.7 Å². The Labute approximate surface area is 118 Å². The molecule has 0 atom stereocenters. The molecule has 2 rings (SSSR count). The van der Waals surface area contributed by atoms with Gasteiger partial charge in [-0.2, -0.15) is 5.26 Å². The second kappa shape index (κ2) is 7.27. The summed E-state index contributed by atoms with van der Waals surface area (Å²) in [6.45, 7) is 5.50. The number of fused-ring (bicyclic) bond motifs is 1. The Hall–Kier alpha value is -2.38. The molecule has 1 aromatic heterocycles. The van der Waals surface area contributed by atoms with Gasteiger partial charge < -0.3 is 10.1 Å². The summed E-state index contributed by atoms with van der Waals surface area (Å²) in [6.07, 6.45) is 2.67. The van der Waals surface area contributed by atoms with Crippen molar-refractivity contribution >= 4 is 16.7 Å². The third kappa shape index (κ3) is 3.56. The van der Waals surface area contributed by atoms with Crippen molar-refractivity contribution in [2.45, 2.75) is 6.42 Å². The first-order valence-electron chi connectivity index (χ1n) is 6.57. The summed E-state index contributed by atoms with van der Waals surface area (Å²) < 4.78 is 5.41. The zero-order chi connectivity index (χ0) is 14.2. The fourth-order valence-corrected chi connectivity index (χ4v) is 1.85. The van der Waals surface area contributed by atoms with E-state index in [2.05, 4.69) is 22.9 Å². The standard InChI is InChI=1S/C16H17N3O/c1-2-3-9-20-10-8-18-16-14(12-17)11-13-6-4-5-7-15(13)19-16/h2,4-7,11H,1,3,8-10H2,(H,18,19). The van der Waals surface area contributed by atoms with E-state index < -0.39 is 0 Å². The minimum Gasteiger partial charge on any atom is -0.379 e. The third-order valence-corrected chi connectivity index (χ3v) is 2.85. The quantitative estimate of drug-likeness (QED) is 0.618. The second-order valence-corrected chi connectivity index (χ2v) is 4.31. The van der Waals surface area contributed by atoms with Gasteiger partial charge in [-0.3, -0.25) is 0 Å². The molecule has 102 valence electrons. The van der Waals surface area contributed by atoms with E-state index >= 15 is 0 Å². The van der Waals surface area contributed by atoms with Crippen molar-refractivity contribution < 1.29 is 4.74 Å². The lowest BCUT2D eigenvalue weighted by Gasteiger charge is -2.09. The minimum atomic E-state index is 0.551. The number of para-hydroxylation sites is 1. The van der Waals surface area contributed by atoms with Gasteiger partial charge in [0, 0.05) is 11.9 Å². The first kappa shape index (κ1) is 14.0. The van der Waals surface area contributed by atoms with Gasteiger partial charge in [0.1, 0.15) is 11.9 Å². The molecule has 0 fully saturated rings. The molecule has 0 saturated carbocycles. The normalized spacial score (nSPS) is 10.2. The topological polar surface area (TPSA) is 57.9 Å². The maximum atomic E-state index is 9.18. The maximum absolute atomic E-state index is 9.18. The molecule has 1 heterocycles. The molecule has 0 amide bonds. The van der Waals surface area contributed by atoms with Gasteiger partial charge in [0.2, 0.25) is 0 Å². The Balaban J connectivity index is 2.01. The molecule has 20 heavy (non-hydrogen) atoms. The number of rotatable bonds is 7. The molecule has 2 aromatic rings. The van der Waals surface area contributed by atoms with Crippen molar-refractivity contribution in [3.05, 3.63) is 48.6 Å². The van der Waals surface area contributed by atoms with Gasteiger partial charge in [-0.15, -0.1) is 6.58 Å². The number of hydrogen-bond acceptors (Lipinski definition) is 4. The summed E-state index contributed by atoms with van der Waals surface area (Å²) in [5.74, 6) is 0.610. The van der Waals surface area contributed by atoms with E-state index in [0.29, 0.717) is 31.1 Å². The lowest BCUT2D eigenvalue weighted by atomic mass is 10.1. The molecule has 0 bridgehead atoms. The molecule has 0 unspecified atom stereocenters. The largest absolute Gasteiger partial charge is 0.379 e. The van der Waals surface area contributed by atoms with Crippen LogP contribution < -0.4 is 5.32 Å². The fraction of sp³-hybridized carbons (Fsp3) is 0.250. The summed E-state index contributed by atoms with van der Waals surface area (Å²) in [5.41, 5.74) is 1.43. The highest BCUT2D eigenvalue weighted by Crippen LogP contribution is 2.19. The van der Waals surface area contributed by atoms with E-state index in [1.807, 2.05) is 36.4 Å². The van der Waals surface area contributed by atoms with Gasteiger partial charge in [0.15, 0.2) is 0 Å². The van der Waals surface area contributed by atoms with Crippen molar-refractivity contribution in [1.29, 1.82) is 5.26 Å². The summed E-state index contributed by atoms with van der Waals surface area (Å²) in [5, 5.41) is 13.3. The van der Waals surface area contributed by atoms with Crippen LogP contribution in [0.4, 0.5) is 5.82 Å². The first-order valence-corrected chi connectivity index (χ1v) is 6.57. The van der Waals surface area contributed by atoms with Crippen LogP contribution in [0.5, 0.6) is 0 Å². The number of benzene rings is 1. The number of aromatic nitrogens is 1. The molecule has 0 aliphatic rings. The fourth-order valence-electron chi connectivity index (χ4n) is 1.85. The molecule has 0 aliphatic carbocycles. The van der Waals surface area contributed by atoms with Crippen LogP contribution in [-0.2, 0) is 4.74 Å². The Morgan fingerprint density at radius 2 is 2.20 bits per heavy atom. The van der Waals surface area contributed by atoms with E-state index in [0.717, 1.165) is 17.3 Å². The third-order valence-electron chi connectivity index (χ3n) is 2.85. The Morgan fingerprint density at radius 1 is 1.35 bits per heavy atom. The van der Waals surface area contributed by atoms with Crippen LogP contribution in [0.2, 0.25) is 0 Å². The van der Waals surface area contributed by atoms with Crippen LogP contribution in [0.3, 0.4) is 0 Å². The molecule has 4 nitrogen and oxygen atoms in total. The van der Waals surface area contributed by atoms with E-state index in [1.54, 1.807) is 0 Å². The average Bonchev–Trinajstić information content (AvgIpc) is 2.50. The van der Waals surface area contributed by atoms with Crippen molar-refractivity contribution in [2.75, 3.05) is 25.1 Å². The van der Waals surface area contributed by atoms with Crippen LogP contribution >= 0.6 is 0 Å². The zero-order valence-corrected chi connectivity index (χ0v) is 11.3. The monoisotopic (exact) mass is 267 g/mol. The number of nitrogens with one attached hydrogen (secondary N) is 1. The Kier molecular flexibility index (Phi) is 5.10. The second-order valence-electron chi connectivity index (χ2n) is 4.31. The number of anilines is 1. The molecule has 0 radical (unpaired) electrons. The number of nitrogens with zero attached hydrogens (tertiary/aromatic N) is 2. The van der Waals surface area contributed by atoms with Gasteiger partial charge in [-0.25, -0.2) is 4.98 Å². The van der Waals surface area contributed by atoms with E-state index in [-0.39, 0.29) is 0 Å². The number of hydrogen-bond donors (Lipinski definition) is 1. The summed E-state index contributed by atoms with van der Waals surface area (Å²) in [7, 11) is 0. The van der Waals surface area contributed by atoms with E-state index in [4.69, 9.17) is 4.74 Å². The number of nitriles is 1. The Morgan fingerprint density at radius 3 is 3.00 bits per heavy atom. The van der Waals surface area contributed by atoms with Gasteiger partial charge in [-0.1, -0.05) is 24.3 Å². The predicted octanol–water partition coefficient (Wildman–Crippen LogP) is 3.11. The van der Waals surface area contributed by atoms with Gasteiger partial charge in [-0.05, 0) is 18.6 Å².